The minimum atomic E-state index is -0.319. The molecule has 1 aromatic heterocycles. The predicted octanol–water partition coefficient (Wildman–Crippen LogP) is 7.00. The molecule has 202 valence electrons. The van der Waals surface area contributed by atoms with Crippen LogP contribution < -0.4 is 4.74 Å². The summed E-state index contributed by atoms with van der Waals surface area (Å²) in [6, 6.07) is 23.3. The normalized spacial score (nSPS) is 20.5. The maximum Gasteiger partial charge on any atom is 0.258 e. The number of benzene rings is 3. The third kappa shape index (κ3) is 4.99. The third-order valence-corrected chi connectivity index (χ3v) is 8.15. The molecule has 0 amide bonds. The van der Waals surface area contributed by atoms with Gasteiger partial charge in [0.25, 0.3) is 5.89 Å². The van der Waals surface area contributed by atoms with E-state index in [-0.39, 0.29) is 17.4 Å². The van der Waals surface area contributed by atoms with Crippen molar-refractivity contribution in [3.05, 3.63) is 89.0 Å². The van der Waals surface area contributed by atoms with Gasteiger partial charge in [-0.2, -0.15) is 4.98 Å². The molecule has 6 heteroatoms. The van der Waals surface area contributed by atoms with E-state index in [1.807, 2.05) is 39.0 Å². The minimum Gasteiger partial charge on any atom is -0.491 e. The maximum absolute atomic E-state index is 6.42. The van der Waals surface area contributed by atoms with Crippen molar-refractivity contribution in [2.75, 3.05) is 6.61 Å². The fraction of sp³-hybridized carbons (Fsp3) is 0.394. The van der Waals surface area contributed by atoms with Crippen LogP contribution in [0.15, 0.2) is 71.3 Å². The van der Waals surface area contributed by atoms with Gasteiger partial charge in [0.2, 0.25) is 5.82 Å². The molecule has 1 aliphatic heterocycles. The topological polar surface area (TPSA) is 60.6 Å². The number of aryl methyl sites for hydroxylation is 2. The van der Waals surface area contributed by atoms with Crippen molar-refractivity contribution in [2.45, 2.75) is 77.8 Å². The van der Waals surface area contributed by atoms with Crippen molar-refractivity contribution in [3.8, 4) is 28.6 Å². The molecular formula is C33H37N3O3. The van der Waals surface area contributed by atoms with Crippen LogP contribution in [-0.2, 0) is 24.1 Å². The van der Waals surface area contributed by atoms with Gasteiger partial charge in [0.05, 0.1) is 18.2 Å². The Bertz CT molecular complexity index is 1480. The van der Waals surface area contributed by atoms with Crippen LogP contribution in [0.25, 0.3) is 22.8 Å². The summed E-state index contributed by atoms with van der Waals surface area (Å²) in [6.07, 6.45) is 3.17. The highest BCUT2D eigenvalue weighted by molar-refractivity contribution is 5.63. The lowest BCUT2D eigenvalue weighted by Gasteiger charge is -2.45. The van der Waals surface area contributed by atoms with E-state index in [0.29, 0.717) is 11.7 Å². The fourth-order valence-corrected chi connectivity index (χ4v) is 6.13. The van der Waals surface area contributed by atoms with Crippen LogP contribution in [0.1, 0.15) is 56.4 Å². The van der Waals surface area contributed by atoms with Crippen molar-refractivity contribution < 1.29 is 14.0 Å². The summed E-state index contributed by atoms with van der Waals surface area (Å²) in [5.74, 6) is 2.00. The first-order valence-corrected chi connectivity index (χ1v) is 13.9. The number of aromatic nitrogens is 2. The Morgan fingerprint density at radius 2 is 1.77 bits per heavy atom. The summed E-state index contributed by atoms with van der Waals surface area (Å²) < 4.78 is 18.0. The zero-order valence-electron chi connectivity index (χ0n) is 23.5. The molecule has 39 heavy (non-hydrogen) atoms. The predicted molar refractivity (Wildman–Crippen MR) is 152 cm³/mol. The number of hydrogen-bond acceptors (Lipinski definition) is 6. The molecule has 2 heterocycles. The zero-order valence-corrected chi connectivity index (χ0v) is 23.5. The van der Waals surface area contributed by atoms with Gasteiger partial charge < -0.3 is 14.0 Å². The number of rotatable bonds is 6. The van der Waals surface area contributed by atoms with Gasteiger partial charge in [-0.1, -0.05) is 41.6 Å². The Morgan fingerprint density at radius 1 is 0.974 bits per heavy atom. The lowest BCUT2D eigenvalue weighted by Crippen LogP contribution is -2.54. The minimum absolute atomic E-state index is 0.0394. The molecule has 4 aromatic rings. The van der Waals surface area contributed by atoms with Gasteiger partial charge in [-0.25, -0.2) is 0 Å². The second-order valence-corrected chi connectivity index (χ2v) is 11.8. The highest BCUT2D eigenvalue weighted by Crippen LogP contribution is 2.44. The summed E-state index contributed by atoms with van der Waals surface area (Å²) in [4.78, 5) is 7.33. The third-order valence-electron chi connectivity index (χ3n) is 8.15. The number of fused-ring (bicyclic) bond motifs is 1. The van der Waals surface area contributed by atoms with Crippen LogP contribution >= 0.6 is 0 Å². The van der Waals surface area contributed by atoms with Crippen LogP contribution in [0.5, 0.6) is 5.75 Å². The van der Waals surface area contributed by atoms with Crippen LogP contribution in [0.4, 0.5) is 0 Å². The van der Waals surface area contributed by atoms with E-state index in [4.69, 9.17) is 19.0 Å². The van der Waals surface area contributed by atoms with Gasteiger partial charge in [0.1, 0.15) is 11.5 Å². The molecule has 1 spiro atoms. The number of nitrogens with zero attached hydrogens (tertiary/aromatic N) is 3. The van der Waals surface area contributed by atoms with E-state index in [1.165, 1.54) is 16.7 Å². The number of ether oxygens (including phenoxy) is 2. The molecule has 0 N–H and O–H groups in total. The van der Waals surface area contributed by atoms with Gasteiger partial charge in [-0.3, -0.25) is 4.90 Å². The summed E-state index contributed by atoms with van der Waals surface area (Å²) in [7, 11) is 0. The van der Waals surface area contributed by atoms with Crippen molar-refractivity contribution in [1.29, 1.82) is 0 Å². The lowest BCUT2D eigenvalue weighted by atomic mass is 9.76. The van der Waals surface area contributed by atoms with Gasteiger partial charge >= 0.3 is 0 Å². The Kier molecular flexibility index (Phi) is 6.56. The second kappa shape index (κ2) is 9.92. The Morgan fingerprint density at radius 3 is 2.54 bits per heavy atom. The van der Waals surface area contributed by atoms with E-state index < -0.39 is 0 Å². The molecule has 1 unspecified atom stereocenters. The van der Waals surface area contributed by atoms with E-state index in [0.717, 1.165) is 54.9 Å². The summed E-state index contributed by atoms with van der Waals surface area (Å²) >= 11 is 0. The van der Waals surface area contributed by atoms with Gasteiger partial charge in [-0.05, 0) is 106 Å². The fourth-order valence-electron chi connectivity index (χ4n) is 6.13. The van der Waals surface area contributed by atoms with Crippen LogP contribution in [0, 0.1) is 6.92 Å². The summed E-state index contributed by atoms with van der Waals surface area (Å²) in [6.45, 7) is 12.1. The Labute approximate surface area is 231 Å². The molecule has 1 atom stereocenters. The zero-order chi connectivity index (χ0) is 27.2. The van der Waals surface area contributed by atoms with Crippen LogP contribution in [0.3, 0.4) is 0 Å². The highest BCUT2D eigenvalue weighted by atomic mass is 16.5. The smallest absolute Gasteiger partial charge is 0.258 e. The molecular weight excluding hydrogens is 486 g/mol. The molecule has 2 aliphatic rings. The highest BCUT2D eigenvalue weighted by Gasteiger charge is 2.52. The van der Waals surface area contributed by atoms with Crippen molar-refractivity contribution in [3.63, 3.8) is 0 Å². The SMILES string of the molecule is Cc1cc(-c2noc(-c3ccc4c(c3)CC3(CC4)COC(C)(C)N3Cc3ccccc3)n2)ccc1OC(C)C. The molecule has 6 nitrogen and oxygen atoms in total. The van der Waals surface area contributed by atoms with E-state index >= 15 is 0 Å². The summed E-state index contributed by atoms with van der Waals surface area (Å²) in [5, 5.41) is 4.30. The van der Waals surface area contributed by atoms with E-state index in [9.17, 15) is 0 Å². The van der Waals surface area contributed by atoms with Gasteiger partial charge in [-0.15, -0.1) is 0 Å². The molecule has 6 rings (SSSR count). The molecule has 0 saturated carbocycles. The average Bonchev–Trinajstić information content (AvgIpc) is 3.50. The van der Waals surface area contributed by atoms with Crippen molar-refractivity contribution in [2.24, 2.45) is 0 Å². The molecule has 0 radical (unpaired) electrons. The Hall–Kier alpha value is -3.48. The molecule has 3 aromatic carbocycles. The molecule has 1 saturated heterocycles. The van der Waals surface area contributed by atoms with Gasteiger partial charge in [0.15, 0.2) is 0 Å². The van der Waals surface area contributed by atoms with Crippen LogP contribution in [-0.4, -0.2) is 39.0 Å². The Balaban J connectivity index is 1.26. The quantitative estimate of drug-likeness (QED) is 0.271. The summed E-state index contributed by atoms with van der Waals surface area (Å²) in [5.41, 5.74) is 6.60. The van der Waals surface area contributed by atoms with Crippen molar-refractivity contribution in [1.82, 2.24) is 15.0 Å². The van der Waals surface area contributed by atoms with Gasteiger partial charge in [0, 0.05) is 17.7 Å². The monoisotopic (exact) mass is 523 g/mol. The number of hydrogen-bond donors (Lipinski definition) is 0. The van der Waals surface area contributed by atoms with Crippen LogP contribution in [0.2, 0.25) is 0 Å². The lowest BCUT2D eigenvalue weighted by molar-refractivity contribution is -0.0673. The van der Waals surface area contributed by atoms with E-state index in [1.54, 1.807) is 0 Å². The first kappa shape index (κ1) is 25.8. The van der Waals surface area contributed by atoms with Crippen molar-refractivity contribution >= 4 is 0 Å². The molecule has 1 aliphatic carbocycles. The largest absolute Gasteiger partial charge is 0.491 e. The second-order valence-electron chi connectivity index (χ2n) is 11.8. The maximum atomic E-state index is 6.42. The average molecular weight is 524 g/mol. The van der Waals surface area contributed by atoms with E-state index in [2.05, 4.69) is 72.4 Å². The molecule has 0 bridgehead atoms. The first-order valence-electron chi connectivity index (χ1n) is 13.9. The first-order chi connectivity index (χ1) is 18.7. The standard InChI is InChI=1S/C33H37N3O3/c1-22(2)38-29-14-13-26(17-23(29)3)30-34-31(39-35-30)27-12-11-25-15-16-33(19-28(25)18-27)21-37-32(4,5)36(33)20-24-9-7-6-8-10-24/h6-14,17-18,22H,15-16,19-21H2,1-5H3. The molecule has 1 fully saturated rings.